The topological polar surface area (TPSA) is 80.3 Å². The Labute approximate surface area is 131 Å². The van der Waals surface area contributed by atoms with E-state index in [1.165, 1.54) is 25.3 Å². The molecule has 0 spiro atoms. The number of hydrogen-bond donors (Lipinski definition) is 2. The lowest BCUT2D eigenvalue weighted by atomic mass is 10.0. The Hall–Kier alpha value is -2.32. The maximum Gasteiger partial charge on any atom is 0.422 e. The van der Waals surface area contributed by atoms with Crippen LogP contribution in [0.3, 0.4) is 0 Å². The normalized spacial score (nSPS) is 12.7. The minimum absolute atomic E-state index is 0.138. The molecule has 128 valence electrons. The lowest BCUT2D eigenvalue weighted by molar-refractivity contribution is -0.154. The molecule has 0 aromatic carbocycles. The van der Waals surface area contributed by atoms with Crippen LogP contribution < -0.4 is 15.4 Å². The van der Waals surface area contributed by atoms with Crippen molar-refractivity contribution in [1.82, 2.24) is 10.3 Å². The summed E-state index contributed by atoms with van der Waals surface area (Å²) in [5.41, 5.74) is 0.283. The van der Waals surface area contributed by atoms with Gasteiger partial charge in [-0.2, -0.15) is 13.2 Å². The maximum absolute atomic E-state index is 12.1. The number of halogens is 3. The number of carbonyl (C=O) groups excluding carboxylic acids is 2. The quantitative estimate of drug-likeness (QED) is 0.836. The number of aromatic nitrogens is 1. The van der Waals surface area contributed by atoms with E-state index in [4.69, 9.17) is 0 Å². The van der Waals surface area contributed by atoms with Gasteiger partial charge in [0.05, 0.1) is 11.9 Å². The van der Waals surface area contributed by atoms with Crippen molar-refractivity contribution in [3.8, 4) is 5.88 Å². The first-order chi connectivity index (χ1) is 10.6. The molecule has 0 aliphatic rings. The molecular formula is C14H18F3N3O3. The van der Waals surface area contributed by atoms with Crippen LogP contribution in [0, 0.1) is 5.92 Å². The van der Waals surface area contributed by atoms with Crippen LogP contribution in [0.1, 0.15) is 20.8 Å². The molecule has 0 saturated carbocycles. The molecule has 2 N–H and O–H groups in total. The van der Waals surface area contributed by atoms with E-state index >= 15 is 0 Å². The summed E-state index contributed by atoms with van der Waals surface area (Å²) in [6.07, 6.45) is -3.27. The molecule has 6 nitrogen and oxygen atoms in total. The summed E-state index contributed by atoms with van der Waals surface area (Å²) in [6.45, 7) is 3.40. The van der Waals surface area contributed by atoms with E-state index in [0.717, 1.165) is 0 Å². The molecule has 1 heterocycles. The molecule has 0 aliphatic carbocycles. The minimum Gasteiger partial charge on any atom is -0.468 e. The fraction of sp³-hybridized carbons (Fsp3) is 0.500. The molecule has 0 saturated heterocycles. The van der Waals surface area contributed by atoms with Gasteiger partial charge in [0.1, 0.15) is 6.04 Å². The van der Waals surface area contributed by atoms with Gasteiger partial charge in [0.2, 0.25) is 17.7 Å². The predicted octanol–water partition coefficient (Wildman–Crippen LogP) is 2.12. The van der Waals surface area contributed by atoms with Crippen LogP contribution in [-0.4, -0.2) is 35.6 Å². The third-order valence-electron chi connectivity index (χ3n) is 2.70. The Morgan fingerprint density at radius 3 is 2.39 bits per heavy atom. The van der Waals surface area contributed by atoms with Gasteiger partial charge < -0.3 is 15.4 Å². The number of amides is 2. The van der Waals surface area contributed by atoms with Gasteiger partial charge in [0.25, 0.3) is 0 Å². The molecule has 0 unspecified atom stereocenters. The second kappa shape index (κ2) is 7.80. The Morgan fingerprint density at radius 1 is 1.30 bits per heavy atom. The van der Waals surface area contributed by atoms with Crippen molar-refractivity contribution in [3.05, 3.63) is 18.3 Å². The van der Waals surface area contributed by atoms with Crippen LogP contribution in [0.5, 0.6) is 5.88 Å². The standard InChI is InChI=1S/C14H18F3N3O3/c1-8(2)12(19-9(3)21)13(22)20-10-4-5-11(18-6-10)23-7-14(15,16)17/h4-6,8,12H,7H2,1-3H3,(H,19,21)(H,20,22)/t12-/m1/s1. The summed E-state index contributed by atoms with van der Waals surface area (Å²) >= 11 is 0. The highest BCUT2D eigenvalue weighted by Crippen LogP contribution is 2.18. The van der Waals surface area contributed by atoms with Crippen LogP contribution in [-0.2, 0) is 9.59 Å². The second-order valence-corrected chi connectivity index (χ2v) is 5.20. The number of pyridine rings is 1. The van der Waals surface area contributed by atoms with E-state index in [-0.39, 0.29) is 23.4 Å². The molecule has 0 radical (unpaired) electrons. The highest BCUT2D eigenvalue weighted by atomic mass is 19.4. The van der Waals surface area contributed by atoms with Crippen molar-refractivity contribution in [3.63, 3.8) is 0 Å². The van der Waals surface area contributed by atoms with Crippen LogP contribution in [0.4, 0.5) is 18.9 Å². The van der Waals surface area contributed by atoms with Crippen molar-refractivity contribution in [1.29, 1.82) is 0 Å². The molecule has 23 heavy (non-hydrogen) atoms. The first kappa shape index (κ1) is 18.7. The molecule has 2 amide bonds. The average Bonchev–Trinajstić information content (AvgIpc) is 2.42. The highest BCUT2D eigenvalue weighted by molar-refractivity contribution is 5.97. The minimum atomic E-state index is -4.45. The molecule has 1 aromatic rings. The third kappa shape index (κ3) is 6.98. The van der Waals surface area contributed by atoms with E-state index in [1.54, 1.807) is 13.8 Å². The monoisotopic (exact) mass is 333 g/mol. The van der Waals surface area contributed by atoms with Gasteiger partial charge in [-0.25, -0.2) is 4.98 Å². The molecule has 0 aliphatic heterocycles. The number of ether oxygens (including phenoxy) is 1. The summed E-state index contributed by atoms with van der Waals surface area (Å²) in [7, 11) is 0. The first-order valence-electron chi connectivity index (χ1n) is 6.82. The zero-order valence-corrected chi connectivity index (χ0v) is 12.9. The van der Waals surface area contributed by atoms with Gasteiger partial charge >= 0.3 is 6.18 Å². The molecule has 1 aromatic heterocycles. The largest absolute Gasteiger partial charge is 0.468 e. The average molecular weight is 333 g/mol. The van der Waals surface area contributed by atoms with E-state index in [9.17, 15) is 22.8 Å². The van der Waals surface area contributed by atoms with Crippen LogP contribution in [0.15, 0.2) is 18.3 Å². The van der Waals surface area contributed by atoms with Gasteiger partial charge in [-0.15, -0.1) is 0 Å². The van der Waals surface area contributed by atoms with Crippen molar-refractivity contribution in [2.75, 3.05) is 11.9 Å². The van der Waals surface area contributed by atoms with Gasteiger partial charge in [0.15, 0.2) is 6.61 Å². The zero-order chi connectivity index (χ0) is 17.6. The van der Waals surface area contributed by atoms with Gasteiger partial charge in [-0.3, -0.25) is 9.59 Å². The number of carbonyl (C=O) groups is 2. The lowest BCUT2D eigenvalue weighted by Crippen LogP contribution is -2.46. The van der Waals surface area contributed by atoms with Crippen LogP contribution in [0.25, 0.3) is 0 Å². The number of nitrogens with zero attached hydrogens (tertiary/aromatic N) is 1. The number of rotatable bonds is 6. The summed E-state index contributed by atoms with van der Waals surface area (Å²) in [5.74, 6) is -1.13. The Balaban J connectivity index is 2.66. The molecule has 1 rings (SSSR count). The Bertz CT molecular complexity index is 544. The number of nitrogens with one attached hydrogen (secondary N) is 2. The molecule has 0 bridgehead atoms. The van der Waals surface area contributed by atoms with Crippen LogP contribution in [0.2, 0.25) is 0 Å². The van der Waals surface area contributed by atoms with Gasteiger partial charge in [-0.05, 0) is 12.0 Å². The van der Waals surface area contributed by atoms with Crippen molar-refractivity contribution in [2.45, 2.75) is 33.0 Å². The molecule has 9 heteroatoms. The fourth-order valence-electron chi connectivity index (χ4n) is 1.67. The molecule has 0 fully saturated rings. The second-order valence-electron chi connectivity index (χ2n) is 5.20. The zero-order valence-electron chi connectivity index (χ0n) is 12.9. The summed E-state index contributed by atoms with van der Waals surface area (Å²) in [6, 6.07) is 1.85. The SMILES string of the molecule is CC(=O)N[C@@H](C(=O)Nc1ccc(OCC(F)(F)F)nc1)C(C)C. The first-order valence-corrected chi connectivity index (χ1v) is 6.82. The number of anilines is 1. The molecular weight excluding hydrogens is 315 g/mol. The predicted molar refractivity (Wildman–Crippen MR) is 76.9 cm³/mol. The Morgan fingerprint density at radius 2 is 1.96 bits per heavy atom. The van der Waals surface area contributed by atoms with E-state index < -0.39 is 24.7 Å². The van der Waals surface area contributed by atoms with Crippen molar-refractivity contribution in [2.24, 2.45) is 5.92 Å². The summed E-state index contributed by atoms with van der Waals surface area (Å²) in [4.78, 5) is 26.9. The molecule has 1 atom stereocenters. The van der Waals surface area contributed by atoms with E-state index in [0.29, 0.717) is 0 Å². The van der Waals surface area contributed by atoms with Crippen LogP contribution >= 0.6 is 0 Å². The fourth-order valence-corrected chi connectivity index (χ4v) is 1.67. The third-order valence-corrected chi connectivity index (χ3v) is 2.70. The van der Waals surface area contributed by atoms with E-state index in [2.05, 4.69) is 20.4 Å². The lowest BCUT2D eigenvalue weighted by Gasteiger charge is -2.20. The Kier molecular flexibility index (Phi) is 6.35. The van der Waals surface area contributed by atoms with E-state index in [1.807, 2.05) is 0 Å². The van der Waals surface area contributed by atoms with Crippen molar-refractivity contribution >= 4 is 17.5 Å². The number of hydrogen-bond acceptors (Lipinski definition) is 4. The maximum atomic E-state index is 12.1. The highest BCUT2D eigenvalue weighted by Gasteiger charge is 2.28. The van der Waals surface area contributed by atoms with Crippen molar-refractivity contribution < 1.29 is 27.5 Å². The van der Waals surface area contributed by atoms with Gasteiger partial charge in [0, 0.05) is 13.0 Å². The smallest absolute Gasteiger partial charge is 0.422 e. The summed E-state index contributed by atoms with van der Waals surface area (Å²) in [5, 5.41) is 5.06. The number of alkyl halides is 3. The summed E-state index contributed by atoms with van der Waals surface area (Å²) < 4.78 is 40.5. The van der Waals surface area contributed by atoms with Gasteiger partial charge in [-0.1, -0.05) is 13.8 Å².